The molecule has 0 aromatic heterocycles. The van der Waals surface area contributed by atoms with Crippen molar-refractivity contribution < 1.29 is 4.79 Å². The molecule has 3 rings (SSSR count). The molecule has 1 amide bonds. The first-order valence-corrected chi connectivity index (χ1v) is 7.38. The second-order valence-electron chi connectivity index (χ2n) is 5.10. The van der Waals surface area contributed by atoms with Crippen LogP contribution in [-0.2, 0) is 4.79 Å². The first-order chi connectivity index (χ1) is 9.65. The molecule has 104 valence electrons. The maximum absolute atomic E-state index is 12.2. The van der Waals surface area contributed by atoms with Gasteiger partial charge in [-0.05, 0) is 36.5 Å². The van der Waals surface area contributed by atoms with Crippen LogP contribution in [0.4, 0.5) is 0 Å². The van der Waals surface area contributed by atoms with E-state index in [9.17, 15) is 4.79 Å². The Balaban J connectivity index is 1.65. The highest BCUT2D eigenvalue weighted by Crippen LogP contribution is 2.50. The molecule has 5 heteroatoms. The molecular weight excluding hydrogens is 295 g/mol. The molecule has 1 aromatic carbocycles. The van der Waals surface area contributed by atoms with Gasteiger partial charge in [0.1, 0.15) is 5.84 Å². The summed E-state index contributed by atoms with van der Waals surface area (Å²) in [5.74, 6) is 0.974. The predicted molar refractivity (Wildman–Crippen MR) is 81.3 cm³/mol. The standard InChI is InChI=1S/C15H14Cl2N2O/c16-9-4-5-10(13(17)7-9)11-8-12(11)15(20)19-14-3-1-2-6-18-14/h2,4-7,11-12H,1,3,8H2,(H,18,19,20). The number of rotatable bonds is 2. The van der Waals surface area contributed by atoms with E-state index < -0.39 is 0 Å². The second kappa shape index (κ2) is 5.58. The summed E-state index contributed by atoms with van der Waals surface area (Å²) >= 11 is 12.1. The van der Waals surface area contributed by atoms with Crippen molar-refractivity contribution in [2.75, 3.05) is 0 Å². The van der Waals surface area contributed by atoms with Crippen LogP contribution in [-0.4, -0.2) is 11.7 Å². The fraction of sp³-hybridized carbons (Fsp3) is 0.333. The van der Waals surface area contributed by atoms with Gasteiger partial charge in [0.2, 0.25) is 5.91 Å². The summed E-state index contributed by atoms with van der Waals surface area (Å²) in [6.45, 7) is 0. The van der Waals surface area contributed by atoms with Gasteiger partial charge in [0, 0.05) is 28.6 Å². The Kier molecular flexibility index (Phi) is 3.81. The molecular formula is C15H14Cl2N2O. The smallest absolute Gasteiger partial charge is 0.229 e. The van der Waals surface area contributed by atoms with Gasteiger partial charge in [0.25, 0.3) is 0 Å². The fourth-order valence-corrected chi connectivity index (χ4v) is 3.01. The minimum Gasteiger partial charge on any atom is -0.314 e. The van der Waals surface area contributed by atoms with E-state index in [2.05, 4.69) is 10.3 Å². The van der Waals surface area contributed by atoms with Crippen LogP contribution in [0.5, 0.6) is 0 Å². The molecule has 1 N–H and O–H groups in total. The van der Waals surface area contributed by atoms with Gasteiger partial charge in [-0.2, -0.15) is 0 Å². The third-order valence-electron chi connectivity index (χ3n) is 3.64. The van der Waals surface area contributed by atoms with Gasteiger partial charge in [-0.25, -0.2) is 4.99 Å². The molecule has 20 heavy (non-hydrogen) atoms. The minimum atomic E-state index is -0.0118. The van der Waals surface area contributed by atoms with E-state index in [4.69, 9.17) is 23.2 Å². The normalized spacial score (nSPS) is 24.2. The largest absolute Gasteiger partial charge is 0.314 e. The number of carbonyl (C=O) groups excluding carboxylic acids is 1. The minimum absolute atomic E-state index is 0.0118. The number of carbonyl (C=O) groups is 1. The van der Waals surface area contributed by atoms with Gasteiger partial charge in [-0.15, -0.1) is 0 Å². The molecule has 2 atom stereocenters. The molecule has 0 radical (unpaired) electrons. The van der Waals surface area contributed by atoms with E-state index in [1.165, 1.54) is 0 Å². The number of halogens is 2. The quantitative estimate of drug-likeness (QED) is 0.884. The van der Waals surface area contributed by atoms with Gasteiger partial charge in [0.15, 0.2) is 0 Å². The summed E-state index contributed by atoms with van der Waals surface area (Å²) < 4.78 is 0. The van der Waals surface area contributed by atoms with Crippen LogP contribution in [0.15, 0.2) is 35.5 Å². The molecule has 2 unspecified atom stereocenters. The lowest BCUT2D eigenvalue weighted by atomic mass is 10.1. The highest BCUT2D eigenvalue weighted by Gasteiger charge is 2.45. The van der Waals surface area contributed by atoms with Crippen LogP contribution in [0, 0.1) is 5.92 Å². The number of nitrogens with zero attached hydrogens (tertiary/aromatic N) is 1. The number of hydrogen-bond acceptors (Lipinski definition) is 2. The van der Waals surface area contributed by atoms with Gasteiger partial charge in [-0.3, -0.25) is 4.79 Å². The lowest BCUT2D eigenvalue weighted by molar-refractivity contribution is -0.121. The Morgan fingerprint density at radius 3 is 2.90 bits per heavy atom. The highest BCUT2D eigenvalue weighted by molar-refractivity contribution is 6.35. The predicted octanol–water partition coefficient (Wildman–Crippen LogP) is 3.92. The van der Waals surface area contributed by atoms with E-state index in [0.717, 1.165) is 30.7 Å². The Labute approximate surface area is 127 Å². The van der Waals surface area contributed by atoms with Crippen molar-refractivity contribution >= 4 is 34.9 Å². The summed E-state index contributed by atoms with van der Waals surface area (Å²) in [4.78, 5) is 16.3. The van der Waals surface area contributed by atoms with Gasteiger partial charge < -0.3 is 5.32 Å². The first-order valence-electron chi connectivity index (χ1n) is 6.62. The summed E-state index contributed by atoms with van der Waals surface area (Å²) in [6, 6.07) is 5.44. The molecule has 1 saturated carbocycles. The maximum Gasteiger partial charge on any atom is 0.229 e. The van der Waals surface area contributed by atoms with Crippen LogP contribution in [0.1, 0.15) is 30.7 Å². The molecule has 1 aliphatic carbocycles. The van der Waals surface area contributed by atoms with Crippen LogP contribution >= 0.6 is 23.2 Å². The molecule has 1 fully saturated rings. The van der Waals surface area contributed by atoms with Crippen LogP contribution in [0.2, 0.25) is 10.0 Å². The number of amides is 1. The maximum atomic E-state index is 12.2. The van der Waals surface area contributed by atoms with Crippen molar-refractivity contribution in [3.8, 4) is 0 Å². The zero-order chi connectivity index (χ0) is 14.1. The van der Waals surface area contributed by atoms with Crippen molar-refractivity contribution in [3.63, 3.8) is 0 Å². The van der Waals surface area contributed by atoms with E-state index in [0.29, 0.717) is 10.0 Å². The van der Waals surface area contributed by atoms with E-state index >= 15 is 0 Å². The topological polar surface area (TPSA) is 41.5 Å². The van der Waals surface area contributed by atoms with Gasteiger partial charge in [-0.1, -0.05) is 35.3 Å². The molecule has 3 nitrogen and oxygen atoms in total. The van der Waals surface area contributed by atoms with Crippen molar-refractivity contribution in [2.24, 2.45) is 10.9 Å². The SMILES string of the molecule is O=C(NC1=NC=CCC1)C1CC1c1ccc(Cl)cc1Cl. The molecule has 0 spiro atoms. The van der Waals surface area contributed by atoms with E-state index in [-0.39, 0.29) is 17.7 Å². The number of hydrogen-bond donors (Lipinski definition) is 1. The Morgan fingerprint density at radius 1 is 1.35 bits per heavy atom. The Bertz CT molecular complexity index is 610. The summed E-state index contributed by atoms with van der Waals surface area (Å²) in [7, 11) is 0. The van der Waals surface area contributed by atoms with Crippen molar-refractivity contribution in [2.45, 2.75) is 25.2 Å². The van der Waals surface area contributed by atoms with E-state index in [1.807, 2.05) is 18.2 Å². The van der Waals surface area contributed by atoms with Crippen LogP contribution < -0.4 is 5.32 Å². The zero-order valence-corrected chi connectivity index (χ0v) is 12.3. The summed E-state index contributed by atoms with van der Waals surface area (Å²) in [6.07, 6.45) is 6.27. The molecule has 0 saturated heterocycles. The van der Waals surface area contributed by atoms with Crippen molar-refractivity contribution in [1.82, 2.24) is 5.32 Å². The molecule has 1 aromatic rings. The zero-order valence-electron chi connectivity index (χ0n) is 10.8. The molecule has 1 aliphatic heterocycles. The van der Waals surface area contributed by atoms with Crippen LogP contribution in [0.25, 0.3) is 0 Å². The number of benzene rings is 1. The average Bonchev–Trinajstić information content (AvgIpc) is 3.20. The second-order valence-corrected chi connectivity index (χ2v) is 5.95. The van der Waals surface area contributed by atoms with E-state index in [1.54, 1.807) is 12.3 Å². The van der Waals surface area contributed by atoms with Gasteiger partial charge in [0.05, 0.1) is 0 Å². The Morgan fingerprint density at radius 2 is 2.20 bits per heavy atom. The number of aliphatic imine (C=N–C) groups is 1. The lowest BCUT2D eigenvalue weighted by Gasteiger charge is -2.09. The molecule has 0 bridgehead atoms. The lowest BCUT2D eigenvalue weighted by Crippen LogP contribution is -2.32. The summed E-state index contributed by atoms with van der Waals surface area (Å²) in [5.41, 5.74) is 1.00. The Hall–Kier alpha value is -1.32. The average molecular weight is 309 g/mol. The molecule has 1 heterocycles. The summed E-state index contributed by atoms with van der Waals surface area (Å²) in [5, 5.41) is 4.15. The highest BCUT2D eigenvalue weighted by atomic mass is 35.5. The monoisotopic (exact) mass is 308 g/mol. The third-order valence-corrected chi connectivity index (χ3v) is 4.20. The van der Waals surface area contributed by atoms with Gasteiger partial charge >= 0.3 is 0 Å². The molecule has 2 aliphatic rings. The fourth-order valence-electron chi connectivity index (χ4n) is 2.46. The van der Waals surface area contributed by atoms with Crippen LogP contribution in [0.3, 0.4) is 0 Å². The number of allylic oxidation sites excluding steroid dienone is 1. The van der Waals surface area contributed by atoms with Crippen molar-refractivity contribution in [1.29, 1.82) is 0 Å². The first kappa shape index (κ1) is 13.7. The number of nitrogens with one attached hydrogen (secondary N) is 1. The van der Waals surface area contributed by atoms with Crippen molar-refractivity contribution in [3.05, 3.63) is 46.1 Å². The third kappa shape index (κ3) is 2.89. The number of amidine groups is 1.